The third-order valence-electron chi connectivity index (χ3n) is 2.89. The minimum atomic E-state index is -0.503. The Labute approximate surface area is 129 Å². The Balaban J connectivity index is 2.66. The molecule has 0 heterocycles. The number of rotatable bonds is 3. The fraction of sp³-hybridized carbons (Fsp3) is 0.533. The van der Waals surface area contributed by atoms with Gasteiger partial charge in [0.05, 0.1) is 0 Å². The first-order valence-electron chi connectivity index (χ1n) is 6.60. The Morgan fingerprint density at radius 1 is 1.40 bits per heavy atom. The summed E-state index contributed by atoms with van der Waals surface area (Å²) in [7, 11) is 0. The Hall–Kier alpha value is -1.07. The lowest BCUT2D eigenvalue weighted by atomic mass is 10.00. The van der Waals surface area contributed by atoms with E-state index in [-0.39, 0.29) is 6.04 Å². The van der Waals surface area contributed by atoms with Crippen molar-refractivity contribution in [1.29, 1.82) is 0 Å². The number of carbonyl (C=O) groups excluding carboxylic acids is 1. The van der Waals surface area contributed by atoms with Crippen LogP contribution in [0.1, 0.15) is 43.5 Å². The van der Waals surface area contributed by atoms with Crippen molar-refractivity contribution in [2.45, 2.75) is 46.3 Å². The average molecular weight is 343 g/mol. The zero-order chi connectivity index (χ0) is 15.5. The number of carbonyl (C=O) groups is 1. The van der Waals surface area contributed by atoms with Gasteiger partial charge in [-0.25, -0.2) is 4.79 Å². The van der Waals surface area contributed by atoms with Crippen LogP contribution in [-0.4, -0.2) is 18.2 Å². The van der Waals surface area contributed by atoms with Crippen molar-refractivity contribution < 1.29 is 9.53 Å². The van der Waals surface area contributed by atoms with Crippen LogP contribution < -0.4 is 11.1 Å². The second kappa shape index (κ2) is 6.59. The molecule has 3 N–H and O–H groups in total. The van der Waals surface area contributed by atoms with Gasteiger partial charge in [-0.1, -0.05) is 28.1 Å². The maximum absolute atomic E-state index is 11.6. The molecule has 0 spiro atoms. The summed E-state index contributed by atoms with van der Waals surface area (Å²) >= 11 is 3.55. The van der Waals surface area contributed by atoms with Gasteiger partial charge in [-0.05, 0) is 51.3 Å². The lowest BCUT2D eigenvalue weighted by molar-refractivity contribution is 0.0524. The molecule has 0 saturated heterocycles. The summed E-state index contributed by atoms with van der Waals surface area (Å²) in [5, 5.41) is 2.70. The molecule has 1 atom stereocenters. The molecule has 0 aliphatic rings. The van der Waals surface area contributed by atoms with Crippen LogP contribution in [0.5, 0.6) is 0 Å². The third-order valence-corrected chi connectivity index (χ3v) is 4.11. The van der Waals surface area contributed by atoms with Gasteiger partial charge in [-0.15, -0.1) is 0 Å². The molecule has 0 saturated carbocycles. The molecule has 1 unspecified atom stereocenters. The summed E-state index contributed by atoms with van der Waals surface area (Å²) < 4.78 is 6.24. The van der Waals surface area contributed by atoms with Gasteiger partial charge in [0.25, 0.3) is 0 Å². The van der Waals surface area contributed by atoms with Crippen LogP contribution in [0, 0.1) is 13.8 Å². The molecule has 1 amide bonds. The van der Waals surface area contributed by atoms with Gasteiger partial charge in [-0.3, -0.25) is 0 Å². The highest BCUT2D eigenvalue weighted by Gasteiger charge is 2.18. The SMILES string of the molecule is Cc1ccc(C(N)CNC(=O)OC(C)(C)C)c(C)c1Br. The van der Waals surface area contributed by atoms with Crippen molar-refractivity contribution in [2.75, 3.05) is 6.54 Å². The number of nitrogens with two attached hydrogens (primary N) is 1. The molecule has 1 rings (SSSR count). The van der Waals surface area contributed by atoms with E-state index in [1.165, 1.54) is 5.56 Å². The van der Waals surface area contributed by atoms with E-state index in [1.807, 2.05) is 46.8 Å². The molecule has 0 aromatic heterocycles. The first-order valence-corrected chi connectivity index (χ1v) is 7.39. The minimum absolute atomic E-state index is 0.264. The van der Waals surface area contributed by atoms with Crippen LogP contribution in [0.3, 0.4) is 0 Å². The summed E-state index contributed by atoms with van der Waals surface area (Å²) in [4.78, 5) is 11.6. The molecular formula is C15H23BrN2O2. The fourth-order valence-corrected chi connectivity index (χ4v) is 2.22. The van der Waals surface area contributed by atoms with Gasteiger partial charge >= 0.3 is 6.09 Å². The molecule has 5 heteroatoms. The second-order valence-electron chi connectivity index (χ2n) is 5.90. The van der Waals surface area contributed by atoms with Crippen molar-refractivity contribution >= 4 is 22.0 Å². The number of benzene rings is 1. The summed E-state index contributed by atoms with van der Waals surface area (Å²) in [6.07, 6.45) is -0.447. The topological polar surface area (TPSA) is 64.3 Å². The minimum Gasteiger partial charge on any atom is -0.444 e. The van der Waals surface area contributed by atoms with Gasteiger partial charge in [0.2, 0.25) is 0 Å². The van der Waals surface area contributed by atoms with Gasteiger partial charge < -0.3 is 15.8 Å². The Morgan fingerprint density at radius 3 is 2.55 bits per heavy atom. The van der Waals surface area contributed by atoms with E-state index in [4.69, 9.17) is 10.5 Å². The number of hydrogen-bond acceptors (Lipinski definition) is 3. The Morgan fingerprint density at radius 2 is 2.00 bits per heavy atom. The number of ether oxygens (including phenoxy) is 1. The number of aryl methyl sites for hydroxylation is 1. The van der Waals surface area contributed by atoms with E-state index >= 15 is 0 Å². The summed E-state index contributed by atoms with van der Waals surface area (Å²) in [6, 6.07) is 3.75. The molecular weight excluding hydrogens is 320 g/mol. The molecule has 0 bridgehead atoms. The largest absolute Gasteiger partial charge is 0.444 e. The molecule has 1 aromatic carbocycles. The maximum atomic E-state index is 11.6. The monoisotopic (exact) mass is 342 g/mol. The average Bonchev–Trinajstić information content (AvgIpc) is 2.31. The lowest BCUT2D eigenvalue weighted by Crippen LogP contribution is -2.36. The van der Waals surface area contributed by atoms with E-state index in [1.54, 1.807) is 0 Å². The van der Waals surface area contributed by atoms with Crippen LogP contribution in [0.15, 0.2) is 16.6 Å². The summed E-state index contributed by atoms with van der Waals surface area (Å²) in [5.74, 6) is 0. The van der Waals surface area contributed by atoms with Crippen LogP contribution in [-0.2, 0) is 4.74 Å². The number of hydrogen-bond donors (Lipinski definition) is 2. The molecule has 112 valence electrons. The predicted molar refractivity (Wildman–Crippen MR) is 84.8 cm³/mol. The van der Waals surface area contributed by atoms with Gasteiger partial charge in [0.15, 0.2) is 0 Å². The van der Waals surface area contributed by atoms with Gasteiger partial charge in [0, 0.05) is 17.1 Å². The first kappa shape index (κ1) is 17.0. The Kier molecular flexibility index (Phi) is 5.59. The van der Waals surface area contributed by atoms with Crippen LogP contribution in [0.4, 0.5) is 4.79 Å². The molecule has 0 aliphatic heterocycles. The number of alkyl carbamates (subject to hydrolysis) is 1. The van der Waals surface area contributed by atoms with E-state index in [9.17, 15) is 4.79 Å². The highest BCUT2D eigenvalue weighted by Crippen LogP contribution is 2.26. The molecule has 1 aromatic rings. The van der Waals surface area contributed by atoms with E-state index < -0.39 is 11.7 Å². The predicted octanol–water partition coefficient (Wildman–Crippen LogP) is 3.59. The van der Waals surface area contributed by atoms with Crippen molar-refractivity contribution in [1.82, 2.24) is 5.32 Å². The van der Waals surface area contributed by atoms with E-state index in [0.29, 0.717) is 6.54 Å². The van der Waals surface area contributed by atoms with E-state index in [0.717, 1.165) is 15.6 Å². The Bertz CT molecular complexity index is 495. The summed E-state index contributed by atoms with van der Waals surface area (Å²) in [6.45, 7) is 9.87. The maximum Gasteiger partial charge on any atom is 0.407 e. The molecule has 0 radical (unpaired) electrons. The first-order chi connectivity index (χ1) is 9.11. The van der Waals surface area contributed by atoms with Crippen molar-refractivity contribution in [3.05, 3.63) is 33.3 Å². The number of nitrogens with one attached hydrogen (secondary N) is 1. The number of amides is 1. The highest BCUT2D eigenvalue weighted by atomic mass is 79.9. The van der Waals surface area contributed by atoms with Gasteiger partial charge in [0.1, 0.15) is 5.60 Å². The third kappa shape index (κ3) is 4.80. The smallest absolute Gasteiger partial charge is 0.407 e. The van der Waals surface area contributed by atoms with Crippen molar-refractivity contribution in [3.63, 3.8) is 0 Å². The summed E-state index contributed by atoms with van der Waals surface area (Å²) in [5.41, 5.74) is 8.91. The van der Waals surface area contributed by atoms with Gasteiger partial charge in [-0.2, -0.15) is 0 Å². The lowest BCUT2D eigenvalue weighted by Gasteiger charge is -2.21. The van der Waals surface area contributed by atoms with Crippen molar-refractivity contribution in [2.24, 2.45) is 5.73 Å². The number of halogens is 1. The molecule has 0 fully saturated rings. The van der Waals surface area contributed by atoms with Crippen LogP contribution in [0.25, 0.3) is 0 Å². The molecule has 4 nitrogen and oxygen atoms in total. The standard InChI is InChI=1S/C15H23BrN2O2/c1-9-6-7-11(10(2)13(9)16)12(17)8-18-14(19)20-15(3,4)5/h6-7,12H,8,17H2,1-5H3,(H,18,19). The quantitative estimate of drug-likeness (QED) is 0.882. The molecule has 20 heavy (non-hydrogen) atoms. The molecule has 0 aliphatic carbocycles. The van der Waals surface area contributed by atoms with Crippen molar-refractivity contribution in [3.8, 4) is 0 Å². The van der Waals surface area contributed by atoms with Crippen LogP contribution in [0.2, 0.25) is 0 Å². The zero-order valence-electron chi connectivity index (χ0n) is 12.7. The van der Waals surface area contributed by atoms with E-state index in [2.05, 4.69) is 21.2 Å². The highest BCUT2D eigenvalue weighted by molar-refractivity contribution is 9.10. The van der Waals surface area contributed by atoms with Crippen LogP contribution >= 0.6 is 15.9 Å². The normalized spacial score (nSPS) is 12.9. The second-order valence-corrected chi connectivity index (χ2v) is 6.69. The fourth-order valence-electron chi connectivity index (χ4n) is 1.85. The zero-order valence-corrected chi connectivity index (χ0v) is 14.3.